The Morgan fingerprint density at radius 1 is 0.812 bits per heavy atom. The lowest BCUT2D eigenvalue weighted by Crippen LogP contribution is -2.48. The maximum atomic E-state index is 11.7. The highest BCUT2D eigenvalue weighted by Crippen LogP contribution is 2.00. The van der Waals surface area contributed by atoms with Gasteiger partial charge in [0.25, 0.3) is 0 Å². The highest BCUT2D eigenvalue weighted by molar-refractivity contribution is 5.81. The third kappa shape index (κ3) is 1.20. The van der Waals surface area contributed by atoms with Crippen molar-refractivity contribution >= 4 is 10.8 Å². The summed E-state index contributed by atoms with van der Waals surface area (Å²) in [4.78, 5) is 23.2. The van der Waals surface area contributed by atoms with Crippen LogP contribution in [0.5, 0.6) is 0 Å². The molecule has 6 heteroatoms. The molecule has 0 spiro atoms. The molecule has 2 aromatic rings. The van der Waals surface area contributed by atoms with Crippen molar-refractivity contribution < 1.29 is 10.4 Å². The maximum absolute atomic E-state index is 11.7. The molecule has 0 aliphatic heterocycles. The first kappa shape index (κ1) is 10.0. The highest BCUT2D eigenvalue weighted by Gasteiger charge is 2.09. The standard InChI is InChI=1S/C10H6N2O4/c13-9-6-4-2-1-3-5(6)7(11-15)10(14)8(9)12-16/h1-4,15-16H/b11-7-,12-8-. The molecule has 2 aromatic carbocycles. The van der Waals surface area contributed by atoms with Gasteiger partial charge in [0.2, 0.25) is 10.9 Å². The average molecular weight is 218 g/mol. The number of fused-ring (bicyclic) bond motifs is 1. The minimum Gasteiger partial charge on any atom is -0.410 e. The molecule has 0 heterocycles. The first-order valence-corrected chi connectivity index (χ1v) is 4.33. The molecule has 0 radical (unpaired) electrons. The van der Waals surface area contributed by atoms with Crippen LogP contribution in [0.1, 0.15) is 0 Å². The van der Waals surface area contributed by atoms with E-state index in [1.165, 1.54) is 12.1 Å². The Kier molecular flexibility index (Phi) is 2.24. The number of benzene rings is 2. The van der Waals surface area contributed by atoms with Crippen molar-refractivity contribution in [1.82, 2.24) is 0 Å². The van der Waals surface area contributed by atoms with Crippen LogP contribution in [-0.2, 0) is 0 Å². The number of hydrogen-bond acceptors (Lipinski definition) is 6. The van der Waals surface area contributed by atoms with Crippen molar-refractivity contribution in [3.63, 3.8) is 0 Å². The maximum Gasteiger partial charge on any atom is 0.241 e. The number of rotatable bonds is 0. The lowest BCUT2D eigenvalue weighted by molar-refractivity contribution is 0.296. The minimum atomic E-state index is -0.895. The summed E-state index contributed by atoms with van der Waals surface area (Å²) in [5, 5.41) is 22.2. The van der Waals surface area contributed by atoms with Crippen LogP contribution in [0.2, 0.25) is 0 Å². The van der Waals surface area contributed by atoms with Crippen LogP contribution in [-0.4, -0.2) is 10.4 Å². The zero-order valence-electron chi connectivity index (χ0n) is 7.91. The van der Waals surface area contributed by atoms with Crippen LogP contribution in [0, 0.1) is 0 Å². The van der Waals surface area contributed by atoms with Crippen molar-refractivity contribution in [1.29, 1.82) is 0 Å². The first-order chi connectivity index (χ1) is 7.70. The quantitative estimate of drug-likeness (QED) is 0.438. The molecule has 80 valence electrons. The van der Waals surface area contributed by atoms with Gasteiger partial charge in [0.1, 0.15) is 0 Å². The fourth-order valence-electron chi connectivity index (χ4n) is 1.54. The summed E-state index contributed by atoms with van der Waals surface area (Å²) in [7, 11) is 0. The van der Waals surface area contributed by atoms with Gasteiger partial charge in [-0.25, -0.2) is 0 Å². The second-order valence-corrected chi connectivity index (χ2v) is 3.10. The summed E-state index contributed by atoms with van der Waals surface area (Å²) in [6, 6.07) is 6.14. The van der Waals surface area contributed by atoms with Crippen LogP contribution in [0.4, 0.5) is 0 Å². The lowest BCUT2D eigenvalue weighted by atomic mass is 10.1. The average Bonchev–Trinajstić information content (AvgIpc) is 2.30. The summed E-state index contributed by atoms with van der Waals surface area (Å²) in [6.07, 6.45) is 0. The van der Waals surface area contributed by atoms with E-state index in [4.69, 9.17) is 10.4 Å². The molecule has 2 rings (SSSR count). The fraction of sp³-hybridized carbons (Fsp3) is 0. The van der Waals surface area contributed by atoms with Crippen LogP contribution in [0.3, 0.4) is 0 Å². The summed E-state index contributed by atoms with van der Waals surface area (Å²) in [5.41, 5.74) is -1.58. The predicted molar refractivity (Wildman–Crippen MR) is 53.6 cm³/mol. The molecular weight excluding hydrogens is 212 g/mol. The zero-order chi connectivity index (χ0) is 11.7. The van der Waals surface area contributed by atoms with Gasteiger partial charge in [-0.2, -0.15) is 0 Å². The Hall–Kier alpha value is -2.50. The van der Waals surface area contributed by atoms with Gasteiger partial charge in [-0.3, -0.25) is 9.59 Å². The molecule has 6 nitrogen and oxygen atoms in total. The van der Waals surface area contributed by atoms with Gasteiger partial charge in [-0.15, -0.1) is 0 Å². The molecule has 0 unspecified atom stereocenters. The van der Waals surface area contributed by atoms with E-state index in [9.17, 15) is 9.59 Å². The van der Waals surface area contributed by atoms with Crippen molar-refractivity contribution in [3.05, 3.63) is 55.4 Å². The largest absolute Gasteiger partial charge is 0.410 e. The van der Waals surface area contributed by atoms with Gasteiger partial charge >= 0.3 is 0 Å². The smallest absolute Gasteiger partial charge is 0.241 e. The van der Waals surface area contributed by atoms with Crippen molar-refractivity contribution in [2.75, 3.05) is 0 Å². The SMILES string of the molecule is O=c1/c(=N\O)c(=O)c2ccccc2/c1=N/O. The van der Waals surface area contributed by atoms with Gasteiger partial charge in [0.15, 0.2) is 10.7 Å². The minimum absolute atomic E-state index is 0.169. The summed E-state index contributed by atoms with van der Waals surface area (Å²) in [5.74, 6) is 0. The highest BCUT2D eigenvalue weighted by atomic mass is 16.4. The van der Waals surface area contributed by atoms with Crippen LogP contribution in [0.25, 0.3) is 10.8 Å². The Labute approximate surface area is 87.7 Å². The molecule has 0 saturated heterocycles. The van der Waals surface area contributed by atoms with Gasteiger partial charge in [0, 0.05) is 10.8 Å². The number of hydrogen-bond donors (Lipinski definition) is 2. The van der Waals surface area contributed by atoms with E-state index in [1.54, 1.807) is 12.1 Å². The van der Waals surface area contributed by atoms with E-state index in [1.807, 2.05) is 0 Å². The molecule has 0 saturated carbocycles. The van der Waals surface area contributed by atoms with Crippen molar-refractivity contribution in [3.8, 4) is 0 Å². The van der Waals surface area contributed by atoms with Crippen LogP contribution in [0.15, 0.2) is 44.2 Å². The second-order valence-electron chi connectivity index (χ2n) is 3.10. The van der Waals surface area contributed by atoms with Gasteiger partial charge < -0.3 is 10.4 Å². The fourth-order valence-corrected chi connectivity index (χ4v) is 1.54. The summed E-state index contributed by atoms with van der Waals surface area (Å²) in [6.45, 7) is 0. The monoisotopic (exact) mass is 218 g/mol. The van der Waals surface area contributed by atoms with E-state index in [2.05, 4.69) is 10.3 Å². The van der Waals surface area contributed by atoms with Crippen molar-refractivity contribution in [2.24, 2.45) is 10.3 Å². The molecule has 2 N–H and O–H groups in total. The molecule has 16 heavy (non-hydrogen) atoms. The topological polar surface area (TPSA) is 99.3 Å². The third-order valence-electron chi connectivity index (χ3n) is 2.27. The van der Waals surface area contributed by atoms with E-state index in [-0.39, 0.29) is 16.1 Å². The molecular formula is C10H6N2O4. The Bertz CT molecular complexity index is 770. The van der Waals surface area contributed by atoms with E-state index >= 15 is 0 Å². The summed E-state index contributed by atoms with van der Waals surface area (Å²) < 4.78 is 0. The van der Waals surface area contributed by atoms with Crippen LogP contribution < -0.4 is 21.6 Å². The molecule has 0 aliphatic rings. The van der Waals surface area contributed by atoms with E-state index < -0.39 is 16.2 Å². The molecule has 0 aromatic heterocycles. The predicted octanol–water partition coefficient (Wildman–Crippen LogP) is -0.984. The van der Waals surface area contributed by atoms with E-state index in [0.29, 0.717) is 0 Å². The molecule has 0 atom stereocenters. The normalized spacial score (nSPS) is 13.5. The molecule has 0 bridgehead atoms. The van der Waals surface area contributed by atoms with E-state index in [0.717, 1.165) is 0 Å². The Balaban J connectivity index is 3.36. The molecule has 0 amide bonds. The van der Waals surface area contributed by atoms with Gasteiger partial charge in [0.05, 0.1) is 0 Å². The first-order valence-electron chi connectivity index (χ1n) is 4.33. The lowest BCUT2D eigenvalue weighted by Gasteiger charge is -1.94. The molecule has 0 aliphatic carbocycles. The van der Waals surface area contributed by atoms with Gasteiger partial charge in [-0.1, -0.05) is 34.6 Å². The van der Waals surface area contributed by atoms with Crippen LogP contribution >= 0.6 is 0 Å². The Morgan fingerprint density at radius 2 is 1.38 bits per heavy atom. The second kappa shape index (κ2) is 3.58. The Morgan fingerprint density at radius 3 is 1.94 bits per heavy atom. The summed E-state index contributed by atoms with van der Waals surface area (Å²) >= 11 is 0. The van der Waals surface area contributed by atoms with Gasteiger partial charge in [-0.05, 0) is 0 Å². The third-order valence-corrected chi connectivity index (χ3v) is 2.27. The zero-order valence-corrected chi connectivity index (χ0v) is 7.91. The number of nitrogens with zero attached hydrogens (tertiary/aromatic N) is 2. The van der Waals surface area contributed by atoms with Crippen molar-refractivity contribution in [2.45, 2.75) is 0 Å². The molecule has 0 fully saturated rings.